The zero-order valence-electron chi connectivity index (χ0n) is 8.79. The van der Waals surface area contributed by atoms with Gasteiger partial charge in [0.2, 0.25) is 0 Å². The first kappa shape index (κ1) is 11.9. The van der Waals surface area contributed by atoms with Gasteiger partial charge in [0, 0.05) is 0 Å². The van der Waals surface area contributed by atoms with Crippen LogP contribution in [0.3, 0.4) is 0 Å². The summed E-state index contributed by atoms with van der Waals surface area (Å²) in [6.07, 6.45) is 0. The Hall–Kier alpha value is -1.14. The van der Waals surface area contributed by atoms with Gasteiger partial charge < -0.3 is 0 Å². The Kier molecular flexibility index (Phi) is 4.05. The van der Waals surface area contributed by atoms with E-state index in [9.17, 15) is 0 Å². The maximum absolute atomic E-state index is 8.72. The Morgan fingerprint density at radius 3 is 2.53 bits per heavy atom. The van der Waals surface area contributed by atoms with Crippen molar-refractivity contribution in [2.45, 2.75) is 25.7 Å². The third kappa shape index (κ3) is 2.45. The van der Waals surface area contributed by atoms with E-state index in [1.54, 1.807) is 0 Å². The van der Waals surface area contributed by atoms with Gasteiger partial charge in [0.1, 0.15) is 5.40 Å². The first-order valence-electron chi connectivity index (χ1n) is 4.36. The molecule has 0 fully saturated rings. The van der Waals surface area contributed by atoms with E-state index in [4.69, 9.17) is 5.26 Å². The minimum atomic E-state index is 0.772. The number of hydrogen-bond donors (Lipinski definition) is 0. The number of aryl methyl sites for hydroxylation is 2. The Bertz CT molecular complexity index is 480. The number of thioether (sulfide) groups is 1. The molecule has 0 N–H and O–H groups in total. The Labute approximate surface area is 99.0 Å². The number of benzene rings is 1. The summed E-state index contributed by atoms with van der Waals surface area (Å²) in [6.45, 7) is 5.96. The molecule has 0 amide bonds. The van der Waals surface area contributed by atoms with Crippen molar-refractivity contribution in [2.75, 3.05) is 0 Å². The lowest BCUT2D eigenvalue weighted by atomic mass is 10.0. The Morgan fingerprint density at radius 1 is 1.33 bits per heavy atom. The predicted molar refractivity (Wildman–Crippen MR) is 66.8 cm³/mol. The average molecular weight is 234 g/mol. The molecule has 0 aliphatic rings. The lowest BCUT2D eigenvalue weighted by molar-refractivity contribution is 1.19. The van der Waals surface area contributed by atoms with Crippen LogP contribution < -0.4 is 0 Å². The molecule has 0 bridgehead atoms. The molecule has 0 radical (unpaired) electrons. The van der Waals surface area contributed by atoms with Crippen LogP contribution in [0, 0.1) is 31.4 Å². The summed E-state index contributed by atoms with van der Waals surface area (Å²) in [5.41, 5.74) is 4.03. The fraction of sp³-hybridized carbons (Fsp3) is 0.273. The zero-order valence-corrected chi connectivity index (χ0v) is 10.4. The second-order valence-corrected chi connectivity index (χ2v) is 4.19. The average Bonchev–Trinajstić information content (AvgIpc) is 2.20. The molecule has 0 unspecified atom stereocenters. The largest absolute Gasteiger partial charge is 0.193 e. The number of rotatable bonds is 2. The Morgan fingerprint density at radius 2 is 2.00 bits per heavy atom. The number of nitrogens with zero attached hydrogens (tertiary/aromatic N) is 2. The number of aliphatic imine (C=N–C) groups is 1. The molecule has 0 spiro atoms. The van der Waals surface area contributed by atoms with Crippen LogP contribution in [0.25, 0.3) is 0 Å². The first-order chi connectivity index (χ1) is 7.11. The molecule has 0 aliphatic heterocycles. The van der Waals surface area contributed by atoms with Gasteiger partial charge in [-0.15, -0.1) is 0 Å². The van der Waals surface area contributed by atoms with Gasteiger partial charge >= 0.3 is 0 Å². The molecule has 76 valence electrons. The molecule has 2 nitrogen and oxygen atoms in total. The summed E-state index contributed by atoms with van der Waals surface area (Å²) in [6, 6.07) is 2.05. The topological polar surface area (TPSA) is 36.1 Å². The summed E-state index contributed by atoms with van der Waals surface area (Å²) in [4.78, 5) is 4.91. The molecule has 0 atom stereocenters. The quantitative estimate of drug-likeness (QED) is 0.337. The normalized spacial score (nSPS) is 9.20. The van der Waals surface area contributed by atoms with Gasteiger partial charge in [-0.2, -0.15) is 10.3 Å². The van der Waals surface area contributed by atoms with E-state index in [0.29, 0.717) is 0 Å². The molecule has 1 aromatic rings. The molecule has 0 heterocycles. The van der Waals surface area contributed by atoms with Crippen molar-refractivity contribution in [3.8, 4) is 5.40 Å². The lowest BCUT2D eigenvalue weighted by Crippen LogP contribution is -1.88. The van der Waals surface area contributed by atoms with Crippen molar-refractivity contribution in [1.29, 1.82) is 5.26 Å². The number of thiocarbonyl (C=S) groups is 1. The number of hydrogen-bond acceptors (Lipinski definition) is 4. The summed E-state index contributed by atoms with van der Waals surface area (Å²) in [5.74, 6) is 0. The van der Waals surface area contributed by atoms with Gasteiger partial charge in [-0.3, -0.25) is 0 Å². The molecular weight excluding hydrogens is 224 g/mol. The molecule has 0 aliphatic carbocycles. The second-order valence-electron chi connectivity index (χ2n) is 3.21. The van der Waals surface area contributed by atoms with E-state index in [2.05, 4.69) is 33.8 Å². The van der Waals surface area contributed by atoms with Gasteiger partial charge in [-0.05, 0) is 61.4 Å². The third-order valence-corrected chi connectivity index (χ3v) is 3.16. The van der Waals surface area contributed by atoms with E-state index in [1.165, 1.54) is 0 Å². The monoisotopic (exact) mass is 234 g/mol. The van der Waals surface area contributed by atoms with Gasteiger partial charge in [0.15, 0.2) is 0 Å². The maximum Gasteiger partial charge on any atom is 0.138 e. The standard InChI is InChI=1S/C11H10N2S2/c1-7-4-8(2)11(15-5-12)10(9(7)3)13-6-14/h4H,1-3H3. The van der Waals surface area contributed by atoms with Crippen LogP contribution in [-0.2, 0) is 0 Å². The molecule has 1 rings (SSSR count). The SMILES string of the molecule is Cc1cc(C)c(SC#N)c(N=C=S)c1C. The first-order valence-corrected chi connectivity index (χ1v) is 5.59. The van der Waals surface area contributed by atoms with Gasteiger partial charge in [0.05, 0.1) is 15.7 Å². The number of thiocyanates is 1. The van der Waals surface area contributed by atoms with E-state index < -0.39 is 0 Å². The molecule has 0 aromatic heterocycles. The fourth-order valence-electron chi connectivity index (χ4n) is 1.40. The molecule has 0 saturated heterocycles. The van der Waals surface area contributed by atoms with Crippen LogP contribution in [0.1, 0.15) is 16.7 Å². The summed E-state index contributed by atoms with van der Waals surface area (Å²) < 4.78 is 0. The molecule has 15 heavy (non-hydrogen) atoms. The van der Waals surface area contributed by atoms with Gasteiger partial charge in [-0.1, -0.05) is 6.07 Å². The summed E-state index contributed by atoms with van der Waals surface area (Å²) in [7, 11) is 0. The van der Waals surface area contributed by atoms with Crippen molar-refractivity contribution < 1.29 is 0 Å². The van der Waals surface area contributed by atoms with Crippen molar-refractivity contribution in [1.82, 2.24) is 0 Å². The smallest absolute Gasteiger partial charge is 0.138 e. The van der Waals surface area contributed by atoms with E-state index in [1.807, 2.05) is 20.8 Å². The van der Waals surface area contributed by atoms with Gasteiger partial charge in [-0.25, -0.2) is 0 Å². The summed E-state index contributed by atoms with van der Waals surface area (Å²) in [5, 5.41) is 13.2. The van der Waals surface area contributed by atoms with Crippen molar-refractivity contribution in [2.24, 2.45) is 4.99 Å². The molecule has 0 saturated carbocycles. The highest BCUT2D eigenvalue weighted by Gasteiger charge is 2.11. The van der Waals surface area contributed by atoms with Crippen molar-refractivity contribution in [3.63, 3.8) is 0 Å². The maximum atomic E-state index is 8.72. The van der Waals surface area contributed by atoms with Crippen LogP contribution in [0.15, 0.2) is 16.0 Å². The molecule has 1 aromatic carbocycles. The summed E-state index contributed by atoms with van der Waals surface area (Å²) >= 11 is 5.73. The second kappa shape index (κ2) is 5.09. The molecular formula is C11H10N2S2. The number of nitriles is 1. The van der Waals surface area contributed by atoms with Crippen LogP contribution in [-0.4, -0.2) is 5.16 Å². The Balaban J connectivity index is 3.54. The minimum Gasteiger partial charge on any atom is -0.193 e. The van der Waals surface area contributed by atoms with Crippen LogP contribution >= 0.6 is 24.0 Å². The van der Waals surface area contributed by atoms with Crippen molar-refractivity contribution >= 4 is 34.8 Å². The van der Waals surface area contributed by atoms with E-state index in [0.717, 1.165) is 39.0 Å². The van der Waals surface area contributed by atoms with Gasteiger partial charge in [0.25, 0.3) is 0 Å². The van der Waals surface area contributed by atoms with E-state index in [-0.39, 0.29) is 0 Å². The highest BCUT2D eigenvalue weighted by Crippen LogP contribution is 2.36. The minimum absolute atomic E-state index is 0.772. The zero-order chi connectivity index (χ0) is 11.4. The predicted octanol–water partition coefficient (Wildman–Crippen LogP) is 3.92. The fourth-order valence-corrected chi connectivity index (χ4v) is 2.10. The van der Waals surface area contributed by atoms with Crippen molar-refractivity contribution in [3.05, 3.63) is 22.8 Å². The highest BCUT2D eigenvalue weighted by atomic mass is 32.2. The third-order valence-electron chi connectivity index (χ3n) is 2.26. The highest BCUT2D eigenvalue weighted by molar-refractivity contribution is 8.04. The van der Waals surface area contributed by atoms with Crippen LogP contribution in [0.4, 0.5) is 5.69 Å². The lowest BCUT2D eigenvalue weighted by Gasteiger charge is -2.10. The molecule has 4 heteroatoms. The van der Waals surface area contributed by atoms with Crippen LogP contribution in [0.2, 0.25) is 0 Å². The van der Waals surface area contributed by atoms with Crippen LogP contribution in [0.5, 0.6) is 0 Å². The van der Waals surface area contributed by atoms with E-state index >= 15 is 0 Å². The number of isothiocyanates is 1.